The van der Waals surface area contributed by atoms with E-state index < -0.39 is 5.97 Å². The van der Waals surface area contributed by atoms with Gasteiger partial charge in [-0.15, -0.1) is 11.3 Å². The van der Waals surface area contributed by atoms with E-state index in [-0.39, 0.29) is 5.91 Å². The van der Waals surface area contributed by atoms with Crippen molar-refractivity contribution < 1.29 is 14.4 Å². The summed E-state index contributed by atoms with van der Waals surface area (Å²) in [6.45, 7) is 2.26. The van der Waals surface area contributed by atoms with Crippen LogP contribution in [0.2, 0.25) is 0 Å². The highest BCUT2D eigenvalue weighted by atomic mass is 32.1. The number of amides is 1. The normalized spacial score (nSPS) is 14.9. The Labute approximate surface area is 222 Å². The number of carbonyl (C=O) groups excluding carboxylic acids is 2. The van der Waals surface area contributed by atoms with Crippen LogP contribution in [0.3, 0.4) is 0 Å². The van der Waals surface area contributed by atoms with Crippen molar-refractivity contribution in [3.8, 4) is 0 Å². The predicted octanol–water partition coefficient (Wildman–Crippen LogP) is 8.69. The van der Waals surface area contributed by atoms with Gasteiger partial charge >= 0.3 is 5.97 Å². The molecule has 1 amide bonds. The van der Waals surface area contributed by atoms with Gasteiger partial charge < -0.3 is 4.84 Å². The molecule has 0 fully saturated rings. The van der Waals surface area contributed by atoms with Crippen LogP contribution in [0.5, 0.6) is 0 Å². The van der Waals surface area contributed by atoms with E-state index in [4.69, 9.17) is 4.84 Å². The zero-order valence-corrected chi connectivity index (χ0v) is 23.0. The molecule has 3 rings (SSSR count). The van der Waals surface area contributed by atoms with Gasteiger partial charge in [0.25, 0.3) is 5.91 Å². The first-order valence-electron chi connectivity index (χ1n) is 14.3. The summed E-state index contributed by atoms with van der Waals surface area (Å²) in [6, 6.07) is 10.6. The summed E-state index contributed by atoms with van der Waals surface area (Å²) in [4.78, 5) is 31.1. The highest BCUT2D eigenvalue weighted by Gasteiger charge is 2.27. The molecule has 4 nitrogen and oxygen atoms in total. The number of benzene rings is 1. The second kappa shape index (κ2) is 16.6. The third-order valence-electron chi connectivity index (χ3n) is 7.41. The topological polar surface area (TPSA) is 55.4 Å². The number of carbonyl (C=O) groups is 2. The first-order chi connectivity index (χ1) is 17.7. The maximum absolute atomic E-state index is 12.6. The van der Waals surface area contributed by atoms with Crippen molar-refractivity contribution in [3.05, 3.63) is 57.3 Å². The van der Waals surface area contributed by atoms with Gasteiger partial charge in [0.15, 0.2) is 0 Å². The molecule has 0 spiro atoms. The molecule has 36 heavy (non-hydrogen) atoms. The standard InChI is InChI=1S/C31H45NO3S/c1-2-3-4-5-6-7-8-9-10-11-12-13-17-20-30(33)32-35-31(34)28-24-36-29-23-26(21-22-27(28)29)25-18-15-14-16-19-25/h14-16,18-19,24,26H,2-13,17,20-23H2,1H3,(H,32,33). The number of hydroxylamine groups is 1. The first kappa shape index (κ1) is 28.4. The lowest BCUT2D eigenvalue weighted by Gasteiger charge is -2.23. The van der Waals surface area contributed by atoms with Crippen molar-refractivity contribution in [1.82, 2.24) is 5.48 Å². The van der Waals surface area contributed by atoms with Crippen molar-refractivity contribution in [3.63, 3.8) is 0 Å². The zero-order valence-electron chi connectivity index (χ0n) is 22.2. The summed E-state index contributed by atoms with van der Waals surface area (Å²) in [6.07, 6.45) is 19.9. The van der Waals surface area contributed by atoms with Gasteiger partial charge in [-0.2, -0.15) is 5.48 Å². The smallest absolute Gasteiger partial charge is 0.335 e. The van der Waals surface area contributed by atoms with Crippen LogP contribution in [-0.4, -0.2) is 11.9 Å². The lowest BCUT2D eigenvalue weighted by atomic mass is 9.83. The zero-order chi connectivity index (χ0) is 25.4. The van der Waals surface area contributed by atoms with Crippen LogP contribution in [0, 0.1) is 0 Å². The Morgan fingerprint density at radius 1 is 0.889 bits per heavy atom. The number of thiophene rings is 1. The molecule has 5 heteroatoms. The SMILES string of the molecule is CCCCCCCCCCCCCCCC(=O)NOC(=O)c1csc2c1CCC(c1ccccc1)C2. The van der Waals surface area contributed by atoms with Crippen LogP contribution in [0.25, 0.3) is 0 Å². The molecule has 0 radical (unpaired) electrons. The Balaban J connectivity index is 1.23. The summed E-state index contributed by atoms with van der Waals surface area (Å²) in [7, 11) is 0. The molecule has 1 N–H and O–H groups in total. The number of nitrogens with one attached hydrogen (secondary N) is 1. The van der Waals surface area contributed by atoms with Crippen molar-refractivity contribution in [2.24, 2.45) is 0 Å². The molecule has 1 aromatic carbocycles. The van der Waals surface area contributed by atoms with E-state index in [9.17, 15) is 9.59 Å². The lowest BCUT2D eigenvalue weighted by Crippen LogP contribution is -2.27. The molecule has 0 saturated heterocycles. The fourth-order valence-electron chi connectivity index (χ4n) is 5.21. The number of unbranched alkanes of at least 4 members (excludes halogenated alkanes) is 12. The minimum Gasteiger partial charge on any atom is -0.335 e. The average Bonchev–Trinajstić information content (AvgIpc) is 3.34. The monoisotopic (exact) mass is 511 g/mol. The number of hydrogen-bond donors (Lipinski definition) is 1. The third-order valence-corrected chi connectivity index (χ3v) is 8.46. The van der Waals surface area contributed by atoms with Gasteiger partial charge in [0.1, 0.15) is 0 Å². The summed E-state index contributed by atoms with van der Waals surface area (Å²) < 4.78 is 0. The van der Waals surface area contributed by atoms with E-state index in [2.05, 4.69) is 36.7 Å². The Hall–Kier alpha value is -2.14. The second-order valence-corrected chi connectivity index (χ2v) is 11.3. The molecule has 2 aromatic rings. The van der Waals surface area contributed by atoms with Crippen LogP contribution in [0.4, 0.5) is 0 Å². The third kappa shape index (κ3) is 9.72. The molecule has 0 aliphatic heterocycles. The fourth-order valence-corrected chi connectivity index (χ4v) is 6.36. The molecule has 1 heterocycles. The lowest BCUT2D eigenvalue weighted by molar-refractivity contribution is -0.130. The average molecular weight is 512 g/mol. The van der Waals surface area contributed by atoms with Gasteiger partial charge in [-0.1, -0.05) is 114 Å². The summed E-state index contributed by atoms with van der Waals surface area (Å²) in [5, 5.41) is 1.89. The molecule has 0 bridgehead atoms. The predicted molar refractivity (Wildman–Crippen MR) is 149 cm³/mol. The van der Waals surface area contributed by atoms with Crippen LogP contribution in [0.15, 0.2) is 35.7 Å². The minimum absolute atomic E-state index is 0.209. The van der Waals surface area contributed by atoms with Gasteiger partial charge in [0.2, 0.25) is 0 Å². The van der Waals surface area contributed by atoms with Gasteiger partial charge in [0, 0.05) is 16.7 Å². The first-order valence-corrected chi connectivity index (χ1v) is 15.2. The molecule has 198 valence electrons. The Bertz CT molecular complexity index is 908. The summed E-state index contributed by atoms with van der Waals surface area (Å²) in [5.41, 5.74) is 5.45. The molecule has 1 atom stereocenters. The van der Waals surface area contributed by atoms with Crippen LogP contribution in [-0.2, 0) is 22.5 Å². The van der Waals surface area contributed by atoms with Crippen LogP contribution >= 0.6 is 11.3 Å². The Kier molecular flexibility index (Phi) is 13.1. The maximum atomic E-state index is 12.6. The molecule has 1 unspecified atom stereocenters. The maximum Gasteiger partial charge on any atom is 0.364 e. The summed E-state index contributed by atoms with van der Waals surface area (Å²) in [5.74, 6) is -0.148. The largest absolute Gasteiger partial charge is 0.364 e. The van der Waals surface area contributed by atoms with E-state index in [1.54, 1.807) is 11.3 Å². The highest BCUT2D eigenvalue weighted by molar-refractivity contribution is 7.10. The summed E-state index contributed by atoms with van der Waals surface area (Å²) >= 11 is 1.63. The Morgan fingerprint density at radius 3 is 2.14 bits per heavy atom. The van der Waals surface area contributed by atoms with Crippen molar-refractivity contribution >= 4 is 23.2 Å². The quantitative estimate of drug-likeness (QED) is 0.181. The fraction of sp³-hybridized carbons (Fsp3) is 0.613. The Morgan fingerprint density at radius 2 is 1.50 bits per heavy atom. The van der Waals surface area contributed by atoms with E-state index in [0.29, 0.717) is 17.9 Å². The molecule has 1 aliphatic rings. The number of fused-ring (bicyclic) bond motifs is 1. The molecular weight excluding hydrogens is 466 g/mol. The van der Waals surface area contributed by atoms with Crippen LogP contribution < -0.4 is 5.48 Å². The second-order valence-electron chi connectivity index (χ2n) is 10.3. The molecular formula is C31H45NO3S. The van der Waals surface area contributed by atoms with Gasteiger partial charge in [-0.25, -0.2) is 4.79 Å². The number of rotatable bonds is 16. The van der Waals surface area contributed by atoms with E-state index in [0.717, 1.165) is 37.7 Å². The van der Waals surface area contributed by atoms with Crippen molar-refractivity contribution in [2.75, 3.05) is 0 Å². The highest BCUT2D eigenvalue weighted by Crippen LogP contribution is 2.37. The van der Waals surface area contributed by atoms with Crippen molar-refractivity contribution in [1.29, 1.82) is 0 Å². The van der Waals surface area contributed by atoms with Crippen LogP contribution in [0.1, 0.15) is 136 Å². The minimum atomic E-state index is -0.440. The molecule has 1 aliphatic carbocycles. The van der Waals surface area contributed by atoms with E-state index in [1.807, 2.05) is 11.4 Å². The van der Waals surface area contributed by atoms with E-state index in [1.165, 1.54) is 81.1 Å². The van der Waals surface area contributed by atoms with Gasteiger partial charge in [-0.05, 0) is 42.7 Å². The van der Waals surface area contributed by atoms with Gasteiger partial charge in [0.05, 0.1) is 5.56 Å². The molecule has 1 aromatic heterocycles. The molecule has 0 saturated carbocycles. The number of hydrogen-bond acceptors (Lipinski definition) is 4. The van der Waals surface area contributed by atoms with Gasteiger partial charge in [-0.3, -0.25) is 4.79 Å². The van der Waals surface area contributed by atoms with E-state index >= 15 is 0 Å². The van der Waals surface area contributed by atoms with Crippen molar-refractivity contribution in [2.45, 2.75) is 122 Å².